The maximum Gasteiger partial charge on any atom is 0.0780 e. The van der Waals surface area contributed by atoms with Gasteiger partial charge in [0.1, 0.15) is 0 Å². The van der Waals surface area contributed by atoms with Crippen molar-refractivity contribution in [2.75, 3.05) is 0 Å². The first kappa shape index (κ1) is 9.09. The van der Waals surface area contributed by atoms with Gasteiger partial charge in [-0.2, -0.15) is 0 Å². The van der Waals surface area contributed by atoms with Crippen LogP contribution >= 0.6 is 0 Å². The van der Waals surface area contributed by atoms with E-state index < -0.39 is 12.1 Å². The lowest BCUT2D eigenvalue weighted by Crippen LogP contribution is -2.26. The molecule has 4 nitrogen and oxygen atoms in total. The van der Waals surface area contributed by atoms with E-state index in [0.717, 1.165) is 0 Å². The van der Waals surface area contributed by atoms with Crippen LogP contribution in [-0.4, -0.2) is 21.2 Å². The molecule has 0 saturated heterocycles. The Morgan fingerprint density at radius 1 is 1.58 bits per heavy atom. The van der Waals surface area contributed by atoms with E-state index >= 15 is 0 Å². The summed E-state index contributed by atoms with van der Waals surface area (Å²) in [6, 6.07) is -0.427. The molecule has 2 unspecified atom stereocenters. The van der Waals surface area contributed by atoms with Gasteiger partial charge in [0.2, 0.25) is 0 Å². The predicted octanol–water partition coefficient (Wildman–Crippen LogP) is 0.247. The van der Waals surface area contributed by atoms with Gasteiger partial charge in [-0.05, 0) is 6.42 Å². The molecule has 0 spiro atoms. The second kappa shape index (κ2) is 4.13. The van der Waals surface area contributed by atoms with Gasteiger partial charge in [-0.15, -0.1) is 0 Å². The fraction of sp³-hybridized carbons (Fsp3) is 0.500. The fourth-order valence-electron chi connectivity index (χ4n) is 0.934. The maximum atomic E-state index is 9.39. The second-order valence-corrected chi connectivity index (χ2v) is 2.63. The second-order valence-electron chi connectivity index (χ2n) is 2.63. The largest absolute Gasteiger partial charge is 0.391 e. The van der Waals surface area contributed by atoms with E-state index in [2.05, 4.69) is 9.97 Å². The highest BCUT2D eigenvalue weighted by atomic mass is 16.3. The van der Waals surface area contributed by atoms with Gasteiger partial charge in [-0.3, -0.25) is 9.97 Å². The van der Waals surface area contributed by atoms with Crippen molar-refractivity contribution in [3.05, 3.63) is 24.3 Å². The van der Waals surface area contributed by atoms with Crippen molar-refractivity contribution in [3.8, 4) is 0 Å². The zero-order chi connectivity index (χ0) is 8.97. The van der Waals surface area contributed by atoms with Gasteiger partial charge < -0.3 is 10.8 Å². The third kappa shape index (κ3) is 1.99. The first-order valence-corrected chi connectivity index (χ1v) is 3.95. The summed E-state index contributed by atoms with van der Waals surface area (Å²) in [5.41, 5.74) is 6.33. The molecule has 3 N–H and O–H groups in total. The molecule has 66 valence electrons. The number of hydrogen-bond donors (Lipinski definition) is 2. The molecule has 0 aliphatic rings. The number of nitrogens with zero attached hydrogens (tertiary/aromatic N) is 2. The topological polar surface area (TPSA) is 72.0 Å². The molecule has 0 saturated carbocycles. The lowest BCUT2D eigenvalue weighted by molar-refractivity contribution is 0.139. The molecule has 1 aromatic rings. The number of nitrogens with two attached hydrogens (primary N) is 1. The predicted molar refractivity (Wildman–Crippen MR) is 45.3 cm³/mol. The van der Waals surface area contributed by atoms with Crippen LogP contribution in [0.2, 0.25) is 0 Å². The van der Waals surface area contributed by atoms with Gasteiger partial charge in [-0.25, -0.2) is 0 Å². The Kier molecular flexibility index (Phi) is 3.13. The minimum absolute atomic E-state index is 0.427. The Balaban J connectivity index is 2.71. The van der Waals surface area contributed by atoms with Gasteiger partial charge in [0.05, 0.1) is 24.0 Å². The van der Waals surface area contributed by atoms with Crippen LogP contribution in [0.15, 0.2) is 18.6 Å². The van der Waals surface area contributed by atoms with E-state index in [4.69, 9.17) is 5.73 Å². The van der Waals surface area contributed by atoms with Crippen LogP contribution in [0.25, 0.3) is 0 Å². The van der Waals surface area contributed by atoms with Gasteiger partial charge in [0.25, 0.3) is 0 Å². The average Bonchev–Trinajstić information content (AvgIpc) is 2.17. The molecule has 4 heteroatoms. The molecule has 1 heterocycles. The van der Waals surface area contributed by atoms with Crippen molar-refractivity contribution in [3.63, 3.8) is 0 Å². The lowest BCUT2D eigenvalue weighted by Gasteiger charge is -2.15. The molecule has 2 atom stereocenters. The van der Waals surface area contributed by atoms with E-state index in [1.807, 2.05) is 6.92 Å². The lowest BCUT2D eigenvalue weighted by atomic mass is 10.1. The van der Waals surface area contributed by atoms with Crippen LogP contribution in [0.3, 0.4) is 0 Å². The standard InChI is InChI=1S/C8H13N3O/c1-2-7(12)8(9)6-5-10-3-4-11-6/h3-5,7-8,12H,2,9H2,1H3. The summed E-state index contributed by atoms with van der Waals surface area (Å²) in [5.74, 6) is 0. The average molecular weight is 167 g/mol. The Bertz CT molecular complexity index is 227. The molecule has 0 fully saturated rings. The molecule has 1 rings (SSSR count). The monoisotopic (exact) mass is 167 g/mol. The van der Waals surface area contributed by atoms with Crippen molar-refractivity contribution in [2.24, 2.45) is 5.73 Å². The van der Waals surface area contributed by atoms with Crippen LogP contribution in [-0.2, 0) is 0 Å². The van der Waals surface area contributed by atoms with Crippen LogP contribution in [0.4, 0.5) is 0 Å². The van der Waals surface area contributed by atoms with Crippen molar-refractivity contribution < 1.29 is 5.11 Å². The van der Waals surface area contributed by atoms with Crippen molar-refractivity contribution in [1.29, 1.82) is 0 Å². The molecule has 0 radical (unpaired) electrons. The van der Waals surface area contributed by atoms with Crippen LogP contribution in [0.5, 0.6) is 0 Å². The Labute approximate surface area is 71.5 Å². The zero-order valence-corrected chi connectivity index (χ0v) is 7.01. The highest BCUT2D eigenvalue weighted by Crippen LogP contribution is 2.11. The first-order chi connectivity index (χ1) is 5.75. The van der Waals surface area contributed by atoms with Gasteiger partial charge in [-0.1, -0.05) is 6.92 Å². The summed E-state index contributed by atoms with van der Waals surface area (Å²) in [6.45, 7) is 1.88. The highest BCUT2D eigenvalue weighted by molar-refractivity contribution is 5.03. The third-order valence-corrected chi connectivity index (χ3v) is 1.76. The minimum Gasteiger partial charge on any atom is -0.391 e. The van der Waals surface area contributed by atoms with Crippen molar-refractivity contribution in [1.82, 2.24) is 9.97 Å². The zero-order valence-electron chi connectivity index (χ0n) is 7.01. The molecule has 0 aromatic carbocycles. The summed E-state index contributed by atoms with van der Waals surface area (Å²) in [7, 11) is 0. The molecule has 0 bridgehead atoms. The third-order valence-electron chi connectivity index (χ3n) is 1.76. The van der Waals surface area contributed by atoms with E-state index in [9.17, 15) is 5.11 Å². The number of aliphatic hydroxyl groups is 1. The number of hydrogen-bond acceptors (Lipinski definition) is 4. The highest BCUT2D eigenvalue weighted by Gasteiger charge is 2.15. The molecule has 0 amide bonds. The van der Waals surface area contributed by atoms with Crippen LogP contribution in [0, 0.1) is 0 Å². The van der Waals surface area contributed by atoms with Crippen LogP contribution in [0.1, 0.15) is 25.1 Å². The molecule has 0 aliphatic heterocycles. The van der Waals surface area contributed by atoms with Gasteiger partial charge >= 0.3 is 0 Å². The Morgan fingerprint density at radius 2 is 2.33 bits per heavy atom. The summed E-state index contributed by atoms with van der Waals surface area (Å²) in [4.78, 5) is 7.87. The van der Waals surface area contributed by atoms with Gasteiger partial charge in [0.15, 0.2) is 0 Å². The van der Waals surface area contributed by atoms with Crippen molar-refractivity contribution >= 4 is 0 Å². The molecule has 1 aromatic heterocycles. The SMILES string of the molecule is CCC(O)C(N)c1cnccn1. The van der Waals surface area contributed by atoms with Crippen LogP contribution < -0.4 is 5.73 Å². The number of aliphatic hydroxyl groups excluding tert-OH is 1. The quantitative estimate of drug-likeness (QED) is 0.676. The summed E-state index contributed by atoms with van der Waals surface area (Å²) >= 11 is 0. The summed E-state index contributed by atoms with van der Waals surface area (Å²) in [5, 5.41) is 9.39. The number of aromatic nitrogens is 2. The maximum absolute atomic E-state index is 9.39. The Hall–Kier alpha value is -1.00. The van der Waals surface area contributed by atoms with E-state index in [1.165, 1.54) is 0 Å². The normalized spacial score (nSPS) is 15.6. The fourth-order valence-corrected chi connectivity index (χ4v) is 0.934. The van der Waals surface area contributed by atoms with Crippen molar-refractivity contribution in [2.45, 2.75) is 25.5 Å². The van der Waals surface area contributed by atoms with Gasteiger partial charge in [0, 0.05) is 12.4 Å². The number of rotatable bonds is 3. The van der Waals surface area contributed by atoms with E-state index in [1.54, 1.807) is 18.6 Å². The van der Waals surface area contributed by atoms with E-state index in [-0.39, 0.29) is 0 Å². The van der Waals surface area contributed by atoms with E-state index in [0.29, 0.717) is 12.1 Å². The molecule has 0 aliphatic carbocycles. The molecular weight excluding hydrogens is 154 g/mol. The smallest absolute Gasteiger partial charge is 0.0780 e. The summed E-state index contributed by atoms with van der Waals surface area (Å²) in [6.07, 6.45) is 4.80. The Morgan fingerprint density at radius 3 is 2.83 bits per heavy atom. The molecular formula is C8H13N3O. The first-order valence-electron chi connectivity index (χ1n) is 3.95. The summed E-state index contributed by atoms with van der Waals surface area (Å²) < 4.78 is 0. The minimum atomic E-state index is -0.540. The molecule has 12 heavy (non-hydrogen) atoms.